The molecule has 0 aliphatic carbocycles. The Bertz CT molecular complexity index is 636. The normalized spacial score (nSPS) is 15.2. The molecular weight excluding hydrogens is 386 g/mol. The van der Waals surface area contributed by atoms with Crippen LogP contribution in [0.15, 0.2) is 24.3 Å². The lowest BCUT2D eigenvalue weighted by Gasteiger charge is -2.48. The second-order valence-corrected chi connectivity index (χ2v) is 14.7. The highest BCUT2D eigenvalue weighted by Crippen LogP contribution is 2.47. The van der Waals surface area contributed by atoms with Crippen molar-refractivity contribution >= 4 is 14.0 Å². The summed E-state index contributed by atoms with van der Waals surface area (Å²) >= 11 is 0. The van der Waals surface area contributed by atoms with Crippen molar-refractivity contribution in [2.24, 2.45) is 5.41 Å². The van der Waals surface area contributed by atoms with E-state index in [1.807, 2.05) is 20.8 Å². The van der Waals surface area contributed by atoms with Crippen molar-refractivity contribution in [1.82, 2.24) is 0 Å². The van der Waals surface area contributed by atoms with Gasteiger partial charge in [-0.15, -0.1) is 0 Å². The summed E-state index contributed by atoms with van der Waals surface area (Å²) in [5.41, 5.74) is 1.03. The first-order valence-electron chi connectivity index (χ1n) is 10.5. The van der Waals surface area contributed by atoms with Crippen molar-refractivity contribution < 1.29 is 19.2 Å². The highest BCUT2D eigenvalue weighted by molar-refractivity contribution is 6.77. The molecule has 0 heterocycles. The Labute approximate surface area is 176 Å². The number of nitrogens with zero attached hydrogens (tertiary/aromatic N) is 1. The van der Waals surface area contributed by atoms with Crippen LogP contribution in [-0.2, 0) is 9.16 Å². The van der Waals surface area contributed by atoms with E-state index in [2.05, 4.69) is 41.5 Å². The van der Waals surface area contributed by atoms with E-state index in [4.69, 9.17) is 9.16 Å². The number of hydrogen-bond acceptors (Lipinski definition) is 5. The number of non-ortho nitro benzene ring substituents is 1. The molecule has 0 radical (unpaired) electrons. The van der Waals surface area contributed by atoms with Crippen molar-refractivity contribution in [1.29, 1.82) is 0 Å². The van der Waals surface area contributed by atoms with Gasteiger partial charge in [0, 0.05) is 24.2 Å². The van der Waals surface area contributed by atoms with Crippen LogP contribution in [0.2, 0.25) is 16.6 Å². The first-order valence-corrected chi connectivity index (χ1v) is 12.7. The Morgan fingerprint density at radius 3 is 1.83 bits per heavy atom. The van der Waals surface area contributed by atoms with Crippen LogP contribution in [0, 0.1) is 15.5 Å². The highest BCUT2D eigenvalue weighted by atomic mass is 28.4. The molecule has 6 nitrogen and oxygen atoms in total. The van der Waals surface area contributed by atoms with E-state index in [0.717, 1.165) is 0 Å². The van der Waals surface area contributed by atoms with Gasteiger partial charge in [0.2, 0.25) is 8.32 Å². The van der Waals surface area contributed by atoms with Gasteiger partial charge in [0.15, 0.2) is 6.29 Å². The lowest BCUT2D eigenvalue weighted by Crippen LogP contribution is -2.54. The van der Waals surface area contributed by atoms with Crippen LogP contribution in [-0.4, -0.2) is 31.2 Å². The van der Waals surface area contributed by atoms with Gasteiger partial charge < -0.3 is 14.3 Å². The largest absolute Gasteiger partial charge is 0.391 e. The average Bonchev–Trinajstić information content (AvgIpc) is 2.63. The fraction of sp³-hybridized carbons (Fsp3) is 0.727. The number of aliphatic hydroxyl groups is 1. The lowest BCUT2D eigenvalue weighted by atomic mass is 9.82. The fourth-order valence-electron chi connectivity index (χ4n) is 4.48. The predicted molar refractivity (Wildman–Crippen MR) is 119 cm³/mol. The van der Waals surface area contributed by atoms with Crippen molar-refractivity contribution in [3.8, 4) is 0 Å². The van der Waals surface area contributed by atoms with E-state index in [0.29, 0.717) is 28.8 Å². The summed E-state index contributed by atoms with van der Waals surface area (Å²) in [7, 11) is -2.23. The lowest BCUT2D eigenvalue weighted by molar-refractivity contribution is -0.384. The Morgan fingerprint density at radius 1 is 1.03 bits per heavy atom. The molecule has 2 unspecified atom stereocenters. The van der Waals surface area contributed by atoms with Gasteiger partial charge in [0.05, 0.1) is 11.0 Å². The summed E-state index contributed by atoms with van der Waals surface area (Å²) in [6.45, 7) is 19.6. The minimum Gasteiger partial charge on any atom is -0.391 e. The third-order valence-electron chi connectivity index (χ3n) is 6.07. The van der Waals surface area contributed by atoms with Gasteiger partial charge in [-0.25, -0.2) is 0 Å². The number of nitro groups is 1. The zero-order chi connectivity index (χ0) is 22.6. The van der Waals surface area contributed by atoms with Crippen molar-refractivity contribution in [2.75, 3.05) is 6.61 Å². The Kier molecular flexibility index (Phi) is 9.02. The van der Waals surface area contributed by atoms with Gasteiger partial charge in [-0.1, -0.05) is 55.4 Å². The van der Waals surface area contributed by atoms with Gasteiger partial charge in [0.1, 0.15) is 0 Å². The second-order valence-electron chi connectivity index (χ2n) is 9.30. The number of ether oxygens (including phenoxy) is 1. The molecule has 7 heteroatoms. The monoisotopic (exact) mass is 425 g/mol. The summed E-state index contributed by atoms with van der Waals surface area (Å²) in [5, 5.41) is 22.1. The first-order chi connectivity index (χ1) is 13.3. The summed E-state index contributed by atoms with van der Waals surface area (Å²) < 4.78 is 12.9. The van der Waals surface area contributed by atoms with Crippen LogP contribution in [0.1, 0.15) is 74.0 Å². The Balaban J connectivity index is 3.30. The zero-order valence-electron chi connectivity index (χ0n) is 19.4. The van der Waals surface area contributed by atoms with E-state index in [1.54, 1.807) is 12.1 Å². The molecule has 29 heavy (non-hydrogen) atoms. The molecule has 166 valence electrons. The van der Waals surface area contributed by atoms with Crippen molar-refractivity contribution in [3.63, 3.8) is 0 Å². The number of hydrogen-bond donors (Lipinski definition) is 1. The summed E-state index contributed by atoms with van der Waals surface area (Å²) in [4.78, 5) is 10.5. The first kappa shape index (κ1) is 25.8. The third kappa shape index (κ3) is 5.45. The number of aliphatic hydroxyl groups excluding tert-OH is 1. The molecule has 0 aliphatic rings. The standard InChI is InChI=1S/C22H39NO5Si/c1-10-27-21(28-29(15(2)3,16(4)5)17(6)7)22(8,9)20(24)18-11-13-19(14-12-18)23(25)26/h11-17,20-21,24H,10H2,1-9H3. The highest BCUT2D eigenvalue weighted by Gasteiger charge is 2.50. The number of benzene rings is 1. The van der Waals surface area contributed by atoms with Gasteiger partial charge in [-0.3, -0.25) is 10.1 Å². The molecule has 0 aliphatic heterocycles. The average molecular weight is 426 g/mol. The molecule has 0 bridgehead atoms. The molecule has 0 spiro atoms. The van der Waals surface area contributed by atoms with Gasteiger partial charge in [0.25, 0.3) is 5.69 Å². The maximum Gasteiger partial charge on any atom is 0.269 e. The van der Waals surface area contributed by atoms with Crippen LogP contribution in [0.4, 0.5) is 5.69 Å². The van der Waals surface area contributed by atoms with E-state index < -0.39 is 31.0 Å². The number of nitro benzene ring substituents is 1. The molecule has 1 aromatic carbocycles. The Morgan fingerprint density at radius 2 is 1.48 bits per heavy atom. The van der Waals surface area contributed by atoms with E-state index >= 15 is 0 Å². The molecule has 1 rings (SSSR count). The van der Waals surface area contributed by atoms with Gasteiger partial charge in [-0.05, 0) is 41.2 Å². The summed E-state index contributed by atoms with van der Waals surface area (Å²) in [6.07, 6.45) is -1.48. The summed E-state index contributed by atoms with van der Waals surface area (Å²) in [5.74, 6) is 0. The molecule has 0 amide bonds. The van der Waals surface area contributed by atoms with E-state index in [9.17, 15) is 15.2 Å². The minimum atomic E-state index is -2.23. The molecule has 0 fully saturated rings. The van der Waals surface area contributed by atoms with Crippen LogP contribution in [0.5, 0.6) is 0 Å². The van der Waals surface area contributed by atoms with Crippen LogP contribution < -0.4 is 0 Å². The smallest absolute Gasteiger partial charge is 0.269 e. The predicted octanol–water partition coefficient (Wildman–Crippen LogP) is 6.21. The van der Waals surface area contributed by atoms with E-state index in [1.165, 1.54) is 12.1 Å². The molecular formula is C22H39NO5Si. The molecule has 1 aromatic rings. The van der Waals surface area contributed by atoms with Gasteiger partial charge >= 0.3 is 0 Å². The minimum absolute atomic E-state index is 0.00205. The fourth-order valence-corrected chi connectivity index (χ4v) is 10.0. The topological polar surface area (TPSA) is 81.8 Å². The molecule has 0 saturated carbocycles. The zero-order valence-corrected chi connectivity index (χ0v) is 20.4. The maximum absolute atomic E-state index is 11.2. The molecule has 1 N–H and O–H groups in total. The second kappa shape index (κ2) is 10.2. The Hall–Kier alpha value is -1.28. The van der Waals surface area contributed by atoms with Crippen LogP contribution in [0.25, 0.3) is 0 Å². The molecule has 0 aromatic heterocycles. The molecule has 2 atom stereocenters. The molecule has 0 saturated heterocycles. The SMILES string of the molecule is CCOC(O[Si](C(C)C)(C(C)C)C(C)C)C(C)(C)C(O)c1ccc([N+](=O)[O-])cc1. The van der Waals surface area contributed by atoms with Crippen LogP contribution >= 0.6 is 0 Å². The number of rotatable bonds is 11. The van der Waals surface area contributed by atoms with Crippen molar-refractivity contribution in [3.05, 3.63) is 39.9 Å². The van der Waals surface area contributed by atoms with Gasteiger partial charge in [-0.2, -0.15) is 0 Å². The maximum atomic E-state index is 11.2. The van der Waals surface area contributed by atoms with Crippen molar-refractivity contribution in [2.45, 2.75) is 91.3 Å². The van der Waals surface area contributed by atoms with Crippen LogP contribution in [0.3, 0.4) is 0 Å². The van der Waals surface area contributed by atoms with E-state index in [-0.39, 0.29) is 5.69 Å². The summed E-state index contributed by atoms with van der Waals surface area (Å²) in [6, 6.07) is 6.04. The quantitative estimate of drug-likeness (QED) is 0.197. The third-order valence-corrected chi connectivity index (χ3v) is 12.1.